The van der Waals surface area contributed by atoms with E-state index >= 15 is 0 Å². The molecule has 0 N–H and O–H groups in total. The third-order valence-corrected chi connectivity index (χ3v) is 3.74. The van der Waals surface area contributed by atoms with E-state index in [2.05, 4.69) is 26.0 Å². The SMILES string of the molecule is c1ccc2sc(-n3cnc4cncnc43)nc2c1. The average Bonchev–Trinajstić information content (AvgIpc) is 3.02. The van der Waals surface area contributed by atoms with Gasteiger partial charge in [0.05, 0.1) is 16.4 Å². The number of rotatable bonds is 1. The van der Waals surface area contributed by atoms with Crippen molar-refractivity contribution in [3.05, 3.63) is 43.1 Å². The van der Waals surface area contributed by atoms with Gasteiger partial charge >= 0.3 is 0 Å². The highest BCUT2D eigenvalue weighted by atomic mass is 32.1. The van der Waals surface area contributed by atoms with E-state index in [1.54, 1.807) is 23.9 Å². The summed E-state index contributed by atoms with van der Waals surface area (Å²) in [6.07, 6.45) is 4.96. The van der Waals surface area contributed by atoms with Gasteiger partial charge in [0.25, 0.3) is 0 Å². The molecule has 0 aliphatic heterocycles. The van der Waals surface area contributed by atoms with Crippen molar-refractivity contribution in [3.8, 4) is 5.13 Å². The van der Waals surface area contributed by atoms with Gasteiger partial charge in [-0.25, -0.2) is 19.9 Å². The summed E-state index contributed by atoms with van der Waals surface area (Å²) in [5.74, 6) is 0. The van der Waals surface area contributed by atoms with Crippen LogP contribution in [0.15, 0.2) is 43.1 Å². The lowest BCUT2D eigenvalue weighted by Crippen LogP contribution is -1.92. The van der Waals surface area contributed by atoms with Gasteiger partial charge in [-0.3, -0.25) is 4.57 Å². The first-order valence-electron chi connectivity index (χ1n) is 5.41. The van der Waals surface area contributed by atoms with E-state index in [4.69, 9.17) is 0 Å². The summed E-state index contributed by atoms with van der Waals surface area (Å²) in [4.78, 5) is 17.1. The fourth-order valence-electron chi connectivity index (χ4n) is 1.87. The molecule has 0 bridgehead atoms. The van der Waals surface area contributed by atoms with Crippen LogP contribution in [0.25, 0.3) is 26.5 Å². The van der Waals surface area contributed by atoms with Crippen molar-refractivity contribution in [2.75, 3.05) is 0 Å². The number of nitrogens with zero attached hydrogens (tertiary/aromatic N) is 5. The standard InChI is InChI=1S/C12H7N5S/c1-2-4-10-8(3-1)16-12(18-10)17-7-15-9-5-13-6-14-11(9)17/h1-7H. The average molecular weight is 253 g/mol. The molecule has 0 amide bonds. The molecule has 6 heteroatoms. The van der Waals surface area contributed by atoms with Crippen molar-refractivity contribution >= 4 is 32.7 Å². The van der Waals surface area contributed by atoms with Crippen LogP contribution in [0, 0.1) is 0 Å². The Kier molecular flexibility index (Phi) is 1.92. The second-order valence-corrected chi connectivity index (χ2v) is 4.82. The number of imidazole rings is 1. The molecule has 0 saturated carbocycles. The van der Waals surface area contributed by atoms with Crippen LogP contribution in [-0.2, 0) is 0 Å². The van der Waals surface area contributed by atoms with Crippen molar-refractivity contribution in [1.82, 2.24) is 24.5 Å². The Bertz CT molecular complexity index is 815. The van der Waals surface area contributed by atoms with Gasteiger partial charge in [0.1, 0.15) is 18.2 Å². The maximum atomic E-state index is 4.59. The minimum atomic E-state index is 0.775. The molecule has 86 valence electrons. The molecule has 0 aliphatic carbocycles. The van der Waals surface area contributed by atoms with Gasteiger partial charge in [0.2, 0.25) is 0 Å². The van der Waals surface area contributed by atoms with Crippen molar-refractivity contribution in [2.45, 2.75) is 0 Å². The zero-order valence-corrected chi connectivity index (χ0v) is 10.0. The lowest BCUT2D eigenvalue weighted by Gasteiger charge is -1.95. The number of para-hydroxylation sites is 1. The maximum absolute atomic E-state index is 4.59. The Morgan fingerprint density at radius 1 is 1.06 bits per heavy atom. The van der Waals surface area contributed by atoms with Crippen molar-refractivity contribution in [1.29, 1.82) is 0 Å². The van der Waals surface area contributed by atoms with Gasteiger partial charge in [-0.15, -0.1) is 0 Å². The van der Waals surface area contributed by atoms with E-state index in [-0.39, 0.29) is 0 Å². The number of thiazole rings is 1. The highest BCUT2D eigenvalue weighted by Gasteiger charge is 2.09. The predicted octanol–water partition coefficient (Wildman–Crippen LogP) is 2.43. The summed E-state index contributed by atoms with van der Waals surface area (Å²) in [5, 5.41) is 0.873. The minimum Gasteiger partial charge on any atom is -0.258 e. The predicted molar refractivity (Wildman–Crippen MR) is 69.8 cm³/mol. The van der Waals surface area contributed by atoms with Gasteiger partial charge in [0.15, 0.2) is 10.8 Å². The summed E-state index contributed by atoms with van der Waals surface area (Å²) in [5.41, 5.74) is 2.55. The molecule has 4 rings (SSSR count). The summed E-state index contributed by atoms with van der Waals surface area (Å²) in [6.45, 7) is 0. The van der Waals surface area contributed by atoms with E-state index in [0.717, 1.165) is 26.5 Å². The van der Waals surface area contributed by atoms with Gasteiger partial charge < -0.3 is 0 Å². The smallest absolute Gasteiger partial charge is 0.197 e. The highest BCUT2D eigenvalue weighted by Crippen LogP contribution is 2.26. The molecule has 18 heavy (non-hydrogen) atoms. The van der Waals surface area contributed by atoms with E-state index in [0.29, 0.717) is 0 Å². The van der Waals surface area contributed by atoms with Gasteiger partial charge in [0, 0.05) is 0 Å². The number of fused-ring (bicyclic) bond motifs is 2. The molecule has 0 aliphatic rings. The Morgan fingerprint density at radius 3 is 2.94 bits per heavy atom. The first-order valence-corrected chi connectivity index (χ1v) is 6.22. The third kappa shape index (κ3) is 1.32. The molecule has 3 aromatic heterocycles. The van der Waals surface area contributed by atoms with Crippen LogP contribution in [0.1, 0.15) is 0 Å². The van der Waals surface area contributed by atoms with Crippen LogP contribution < -0.4 is 0 Å². The van der Waals surface area contributed by atoms with Gasteiger partial charge in [-0.1, -0.05) is 23.5 Å². The Hall–Kier alpha value is -2.34. The first kappa shape index (κ1) is 9.67. The Labute approximate surface area is 106 Å². The van der Waals surface area contributed by atoms with E-state index < -0.39 is 0 Å². The molecule has 0 radical (unpaired) electrons. The number of hydrogen-bond donors (Lipinski definition) is 0. The molecule has 0 fully saturated rings. The van der Waals surface area contributed by atoms with Crippen molar-refractivity contribution in [2.24, 2.45) is 0 Å². The molecule has 0 atom stereocenters. The number of benzene rings is 1. The summed E-state index contributed by atoms with van der Waals surface area (Å²) < 4.78 is 3.05. The second-order valence-electron chi connectivity index (χ2n) is 3.81. The molecular formula is C12H7N5S. The fourth-order valence-corrected chi connectivity index (χ4v) is 2.81. The third-order valence-electron chi connectivity index (χ3n) is 2.70. The fraction of sp³-hybridized carbons (Fsp3) is 0. The molecule has 0 spiro atoms. The molecule has 4 aromatic rings. The van der Waals surface area contributed by atoms with Gasteiger partial charge in [-0.2, -0.15) is 0 Å². The number of aromatic nitrogens is 5. The van der Waals surface area contributed by atoms with Crippen LogP contribution in [0.5, 0.6) is 0 Å². The lowest BCUT2D eigenvalue weighted by atomic mass is 10.3. The summed E-state index contributed by atoms with van der Waals surface area (Å²) >= 11 is 1.62. The molecule has 5 nitrogen and oxygen atoms in total. The molecule has 3 heterocycles. The first-order chi connectivity index (χ1) is 8.92. The van der Waals surface area contributed by atoms with E-state index in [9.17, 15) is 0 Å². The largest absolute Gasteiger partial charge is 0.258 e. The van der Waals surface area contributed by atoms with Gasteiger partial charge in [-0.05, 0) is 12.1 Å². The topological polar surface area (TPSA) is 56.5 Å². The molecule has 0 saturated heterocycles. The minimum absolute atomic E-state index is 0.775. The maximum Gasteiger partial charge on any atom is 0.197 e. The highest BCUT2D eigenvalue weighted by molar-refractivity contribution is 7.20. The monoisotopic (exact) mass is 253 g/mol. The van der Waals surface area contributed by atoms with Crippen molar-refractivity contribution in [3.63, 3.8) is 0 Å². The lowest BCUT2D eigenvalue weighted by molar-refractivity contribution is 1.04. The zero-order valence-electron chi connectivity index (χ0n) is 9.19. The quantitative estimate of drug-likeness (QED) is 0.522. The van der Waals surface area contributed by atoms with Crippen LogP contribution >= 0.6 is 11.3 Å². The summed E-state index contributed by atoms with van der Waals surface area (Å²) in [6, 6.07) is 8.06. The van der Waals surface area contributed by atoms with E-state index in [1.807, 2.05) is 22.8 Å². The van der Waals surface area contributed by atoms with Crippen molar-refractivity contribution < 1.29 is 0 Å². The zero-order chi connectivity index (χ0) is 11.9. The van der Waals surface area contributed by atoms with Crippen LogP contribution in [-0.4, -0.2) is 24.5 Å². The van der Waals surface area contributed by atoms with Crippen LogP contribution in [0.4, 0.5) is 0 Å². The Balaban J connectivity index is 2.01. The second kappa shape index (κ2) is 3.58. The summed E-state index contributed by atoms with van der Waals surface area (Å²) in [7, 11) is 0. The number of hydrogen-bond acceptors (Lipinski definition) is 5. The van der Waals surface area contributed by atoms with Crippen LogP contribution in [0.3, 0.4) is 0 Å². The molecule has 0 unspecified atom stereocenters. The Morgan fingerprint density at radius 2 is 2.00 bits per heavy atom. The van der Waals surface area contributed by atoms with E-state index in [1.165, 1.54) is 6.33 Å². The normalized spacial score (nSPS) is 11.3. The molecule has 1 aromatic carbocycles. The molecular weight excluding hydrogens is 246 g/mol. The van der Waals surface area contributed by atoms with Crippen LogP contribution in [0.2, 0.25) is 0 Å².